The molecule has 0 spiro atoms. The molecule has 4 rings (SSSR count). The molecule has 0 aliphatic carbocycles. The minimum Gasteiger partial charge on any atom is -0.468 e. The molecular formula is C21H24FN3O3. The molecule has 0 amide bonds. The van der Waals surface area contributed by atoms with Crippen molar-refractivity contribution in [2.24, 2.45) is 0 Å². The van der Waals surface area contributed by atoms with Crippen LogP contribution in [0.25, 0.3) is 10.9 Å². The van der Waals surface area contributed by atoms with Gasteiger partial charge in [0.05, 0.1) is 18.3 Å². The van der Waals surface area contributed by atoms with Crippen molar-refractivity contribution in [1.82, 2.24) is 14.8 Å². The monoisotopic (exact) mass is 385 g/mol. The standard InChI is InChI=1S/C21H24FN3O3/c22-17-4-3-15-10-16(21(27)23-20(15)11-17)12-24-6-7-25(18(13-24)5-8-26)14-19-2-1-9-28-19/h1-4,9-11,18,26H,5-8,12-14H2,(H,23,27)/t18-/m0/s1. The van der Waals surface area contributed by atoms with Gasteiger partial charge in [-0.25, -0.2) is 4.39 Å². The third kappa shape index (κ3) is 4.16. The van der Waals surface area contributed by atoms with Gasteiger partial charge in [-0.05, 0) is 48.2 Å². The molecule has 1 fully saturated rings. The molecule has 28 heavy (non-hydrogen) atoms. The zero-order valence-corrected chi connectivity index (χ0v) is 15.6. The number of fused-ring (bicyclic) bond motifs is 1. The molecule has 1 aromatic carbocycles. The zero-order chi connectivity index (χ0) is 19.5. The number of benzene rings is 1. The van der Waals surface area contributed by atoms with E-state index in [0.717, 1.165) is 30.8 Å². The molecule has 1 atom stereocenters. The van der Waals surface area contributed by atoms with E-state index in [2.05, 4.69) is 14.8 Å². The summed E-state index contributed by atoms with van der Waals surface area (Å²) < 4.78 is 18.8. The number of pyridine rings is 1. The highest BCUT2D eigenvalue weighted by Gasteiger charge is 2.27. The van der Waals surface area contributed by atoms with Gasteiger partial charge in [0.15, 0.2) is 0 Å². The number of aliphatic hydroxyl groups is 1. The van der Waals surface area contributed by atoms with Crippen LogP contribution in [0, 0.1) is 5.82 Å². The molecule has 1 aliphatic heterocycles. The second-order valence-electron chi connectivity index (χ2n) is 7.31. The lowest BCUT2D eigenvalue weighted by Gasteiger charge is -2.41. The number of piperazine rings is 1. The maximum atomic E-state index is 13.4. The fraction of sp³-hybridized carbons (Fsp3) is 0.381. The van der Waals surface area contributed by atoms with E-state index in [4.69, 9.17) is 4.42 Å². The Hall–Kier alpha value is -2.48. The van der Waals surface area contributed by atoms with Crippen LogP contribution in [0.15, 0.2) is 51.9 Å². The highest BCUT2D eigenvalue weighted by atomic mass is 19.1. The number of nitrogens with one attached hydrogen (secondary N) is 1. The Labute approximate surface area is 162 Å². The molecule has 2 N–H and O–H groups in total. The van der Waals surface area contributed by atoms with Gasteiger partial charge in [-0.2, -0.15) is 0 Å². The topological polar surface area (TPSA) is 72.7 Å². The van der Waals surface area contributed by atoms with Crippen LogP contribution in [0.1, 0.15) is 17.7 Å². The summed E-state index contributed by atoms with van der Waals surface area (Å²) in [6.45, 7) is 3.79. The summed E-state index contributed by atoms with van der Waals surface area (Å²) in [7, 11) is 0. The lowest BCUT2D eigenvalue weighted by molar-refractivity contribution is 0.0454. The minimum atomic E-state index is -0.365. The van der Waals surface area contributed by atoms with E-state index in [1.165, 1.54) is 12.1 Å². The number of rotatable bonds is 6. The number of hydrogen-bond acceptors (Lipinski definition) is 5. The molecule has 0 radical (unpaired) electrons. The van der Waals surface area contributed by atoms with Gasteiger partial charge >= 0.3 is 0 Å². The summed E-state index contributed by atoms with van der Waals surface area (Å²) >= 11 is 0. The number of H-pyrrole nitrogens is 1. The van der Waals surface area contributed by atoms with Gasteiger partial charge in [0.1, 0.15) is 11.6 Å². The van der Waals surface area contributed by atoms with E-state index in [1.807, 2.05) is 18.2 Å². The Morgan fingerprint density at radius 1 is 1.21 bits per heavy atom. The number of aliphatic hydroxyl groups excluding tert-OH is 1. The average molecular weight is 385 g/mol. The van der Waals surface area contributed by atoms with Crippen LogP contribution in [-0.4, -0.2) is 52.2 Å². The first kappa shape index (κ1) is 18.9. The summed E-state index contributed by atoms with van der Waals surface area (Å²) in [6.07, 6.45) is 2.34. The highest BCUT2D eigenvalue weighted by Crippen LogP contribution is 2.19. The molecule has 3 aromatic rings. The first-order chi connectivity index (χ1) is 13.6. The van der Waals surface area contributed by atoms with E-state index in [-0.39, 0.29) is 24.0 Å². The SMILES string of the molecule is O=c1[nH]c2cc(F)ccc2cc1CN1CCN(Cc2ccco2)[C@@H](CCO)C1. The van der Waals surface area contributed by atoms with Crippen molar-refractivity contribution in [3.63, 3.8) is 0 Å². The Morgan fingerprint density at radius 2 is 2.11 bits per heavy atom. The zero-order valence-electron chi connectivity index (χ0n) is 15.6. The molecule has 2 aromatic heterocycles. The number of halogens is 1. The highest BCUT2D eigenvalue weighted by molar-refractivity contribution is 5.78. The molecule has 7 heteroatoms. The third-order valence-electron chi connectivity index (χ3n) is 5.37. The molecule has 0 bridgehead atoms. The number of furan rings is 1. The van der Waals surface area contributed by atoms with Gasteiger partial charge < -0.3 is 14.5 Å². The van der Waals surface area contributed by atoms with Gasteiger partial charge in [0, 0.05) is 44.4 Å². The van der Waals surface area contributed by atoms with Crippen molar-refractivity contribution < 1.29 is 13.9 Å². The van der Waals surface area contributed by atoms with Gasteiger partial charge in [-0.3, -0.25) is 14.6 Å². The quantitative estimate of drug-likeness (QED) is 0.681. The lowest BCUT2D eigenvalue weighted by atomic mass is 10.1. The third-order valence-corrected chi connectivity index (χ3v) is 5.37. The molecule has 0 unspecified atom stereocenters. The van der Waals surface area contributed by atoms with Crippen molar-refractivity contribution >= 4 is 10.9 Å². The van der Waals surface area contributed by atoms with E-state index in [0.29, 0.717) is 30.6 Å². The van der Waals surface area contributed by atoms with Crippen LogP contribution in [0.4, 0.5) is 4.39 Å². The molecule has 148 valence electrons. The Bertz CT molecular complexity index is 986. The van der Waals surface area contributed by atoms with Gasteiger partial charge in [0.25, 0.3) is 5.56 Å². The first-order valence-electron chi connectivity index (χ1n) is 9.53. The van der Waals surface area contributed by atoms with Crippen molar-refractivity contribution in [2.75, 3.05) is 26.2 Å². The van der Waals surface area contributed by atoms with Gasteiger partial charge in [0.2, 0.25) is 0 Å². The van der Waals surface area contributed by atoms with Crippen LogP contribution in [0.2, 0.25) is 0 Å². The second kappa shape index (κ2) is 8.26. The van der Waals surface area contributed by atoms with Gasteiger partial charge in [-0.1, -0.05) is 0 Å². The van der Waals surface area contributed by atoms with Crippen molar-refractivity contribution in [3.8, 4) is 0 Å². The summed E-state index contributed by atoms with van der Waals surface area (Å²) in [6, 6.07) is 10.3. The predicted octanol–water partition coefficient (Wildman–Crippen LogP) is 2.33. The summed E-state index contributed by atoms with van der Waals surface area (Å²) in [5.41, 5.74) is 0.992. The fourth-order valence-corrected chi connectivity index (χ4v) is 3.91. The van der Waals surface area contributed by atoms with Crippen LogP contribution in [-0.2, 0) is 13.1 Å². The first-order valence-corrected chi connectivity index (χ1v) is 9.53. The molecular weight excluding hydrogens is 361 g/mol. The molecule has 6 nitrogen and oxygen atoms in total. The minimum absolute atomic E-state index is 0.120. The summed E-state index contributed by atoms with van der Waals surface area (Å²) in [5.74, 6) is 0.546. The van der Waals surface area contributed by atoms with Crippen LogP contribution in [0.5, 0.6) is 0 Å². The lowest BCUT2D eigenvalue weighted by Crippen LogP contribution is -2.52. The predicted molar refractivity (Wildman–Crippen MR) is 104 cm³/mol. The van der Waals surface area contributed by atoms with Crippen LogP contribution >= 0.6 is 0 Å². The van der Waals surface area contributed by atoms with E-state index in [9.17, 15) is 14.3 Å². The number of nitrogens with zero attached hydrogens (tertiary/aromatic N) is 2. The molecule has 1 aliphatic rings. The number of aromatic amines is 1. The normalized spacial score (nSPS) is 18.7. The maximum Gasteiger partial charge on any atom is 0.252 e. The molecule has 0 saturated carbocycles. The Kier molecular flexibility index (Phi) is 5.57. The second-order valence-corrected chi connectivity index (χ2v) is 7.31. The molecule has 3 heterocycles. The fourth-order valence-electron chi connectivity index (χ4n) is 3.91. The Morgan fingerprint density at radius 3 is 2.89 bits per heavy atom. The van der Waals surface area contributed by atoms with Crippen molar-refractivity contribution in [3.05, 3.63) is 70.2 Å². The van der Waals surface area contributed by atoms with E-state index < -0.39 is 0 Å². The number of hydrogen-bond donors (Lipinski definition) is 2. The summed E-state index contributed by atoms with van der Waals surface area (Å²) in [5, 5.41) is 10.3. The van der Waals surface area contributed by atoms with Crippen LogP contribution in [0.3, 0.4) is 0 Å². The molecule has 1 saturated heterocycles. The van der Waals surface area contributed by atoms with Crippen molar-refractivity contribution in [1.29, 1.82) is 0 Å². The average Bonchev–Trinajstić information content (AvgIpc) is 3.18. The van der Waals surface area contributed by atoms with Crippen LogP contribution < -0.4 is 5.56 Å². The maximum absolute atomic E-state index is 13.4. The largest absolute Gasteiger partial charge is 0.468 e. The van der Waals surface area contributed by atoms with E-state index in [1.54, 1.807) is 12.3 Å². The van der Waals surface area contributed by atoms with E-state index >= 15 is 0 Å². The number of aromatic nitrogens is 1. The summed E-state index contributed by atoms with van der Waals surface area (Å²) in [4.78, 5) is 19.8. The van der Waals surface area contributed by atoms with Crippen molar-refractivity contribution in [2.45, 2.75) is 25.6 Å². The van der Waals surface area contributed by atoms with Gasteiger partial charge in [-0.15, -0.1) is 0 Å². The Balaban J connectivity index is 1.48. The smallest absolute Gasteiger partial charge is 0.252 e.